The Bertz CT molecular complexity index is 770. The molecule has 3 rings (SSSR count). The van der Waals surface area contributed by atoms with Crippen LogP contribution in [0.25, 0.3) is 0 Å². The SMILES string of the molecule is COc1ccc(C(=O)NC(c2ccc(OC)nc2)C2CC(O)C2)c(C)c1. The average Bonchev–Trinajstić information content (AvgIpc) is 2.63. The molecule has 0 radical (unpaired) electrons. The number of nitrogens with one attached hydrogen (secondary N) is 1. The fourth-order valence-electron chi connectivity index (χ4n) is 3.31. The van der Waals surface area contributed by atoms with Crippen LogP contribution < -0.4 is 14.8 Å². The number of pyridine rings is 1. The molecule has 1 unspecified atom stereocenters. The van der Waals surface area contributed by atoms with E-state index in [4.69, 9.17) is 9.47 Å². The summed E-state index contributed by atoms with van der Waals surface area (Å²) < 4.78 is 10.3. The van der Waals surface area contributed by atoms with Crippen LogP contribution in [0.5, 0.6) is 11.6 Å². The van der Waals surface area contributed by atoms with Crippen molar-refractivity contribution in [2.75, 3.05) is 14.2 Å². The number of rotatable bonds is 6. The fourth-order valence-corrected chi connectivity index (χ4v) is 3.31. The molecular formula is C20H24N2O4. The molecule has 138 valence electrons. The number of nitrogens with zero attached hydrogens (tertiary/aromatic N) is 1. The van der Waals surface area contributed by atoms with Crippen LogP contribution in [0, 0.1) is 12.8 Å². The van der Waals surface area contributed by atoms with Gasteiger partial charge in [0.1, 0.15) is 5.75 Å². The highest BCUT2D eigenvalue weighted by atomic mass is 16.5. The van der Waals surface area contributed by atoms with E-state index in [1.54, 1.807) is 38.6 Å². The number of carbonyl (C=O) groups is 1. The molecule has 2 aromatic rings. The largest absolute Gasteiger partial charge is 0.497 e. The van der Waals surface area contributed by atoms with Gasteiger partial charge in [0.15, 0.2) is 0 Å². The summed E-state index contributed by atoms with van der Waals surface area (Å²) in [7, 11) is 3.17. The highest BCUT2D eigenvalue weighted by Crippen LogP contribution is 2.38. The Morgan fingerprint density at radius 1 is 1.23 bits per heavy atom. The molecule has 26 heavy (non-hydrogen) atoms. The molecule has 1 heterocycles. The molecule has 0 spiro atoms. The van der Waals surface area contributed by atoms with Gasteiger partial charge in [-0.15, -0.1) is 0 Å². The van der Waals surface area contributed by atoms with E-state index in [2.05, 4.69) is 10.3 Å². The molecule has 6 nitrogen and oxygen atoms in total. The lowest BCUT2D eigenvalue weighted by Crippen LogP contribution is -2.41. The van der Waals surface area contributed by atoms with Gasteiger partial charge in [0.25, 0.3) is 5.91 Å². The van der Waals surface area contributed by atoms with Crippen LogP contribution in [0.3, 0.4) is 0 Å². The number of carbonyl (C=O) groups excluding carboxylic acids is 1. The van der Waals surface area contributed by atoms with Gasteiger partial charge < -0.3 is 19.9 Å². The van der Waals surface area contributed by atoms with E-state index in [-0.39, 0.29) is 24.0 Å². The van der Waals surface area contributed by atoms with Gasteiger partial charge >= 0.3 is 0 Å². The minimum Gasteiger partial charge on any atom is -0.497 e. The fraction of sp³-hybridized carbons (Fsp3) is 0.400. The number of aliphatic hydroxyl groups excluding tert-OH is 1. The summed E-state index contributed by atoms with van der Waals surface area (Å²) in [4.78, 5) is 17.1. The van der Waals surface area contributed by atoms with E-state index >= 15 is 0 Å². The molecule has 0 saturated heterocycles. The lowest BCUT2D eigenvalue weighted by atomic mass is 9.75. The Morgan fingerprint density at radius 3 is 2.54 bits per heavy atom. The Labute approximate surface area is 153 Å². The summed E-state index contributed by atoms with van der Waals surface area (Å²) in [6.07, 6.45) is 2.75. The number of hydrogen-bond donors (Lipinski definition) is 2. The van der Waals surface area contributed by atoms with Gasteiger partial charge in [0.2, 0.25) is 5.88 Å². The maximum Gasteiger partial charge on any atom is 0.252 e. The number of hydrogen-bond acceptors (Lipinski definition) is 5. The Kier molecular flexibility index (Phi) is 5.42. The molecule has 1 amide bonds. The summed E-state index contributed by atoms with van der Waals surface area (Å²) in [5.41, 5.74) is 2.36. The van der Waals surface area contributed by atoms with Crippen molar-refractivity contribution in [1.29, 1.82) is 0 Å². The second kappa shape index (κ2) is 7.74. The number of aromatic nitrogens is 1. The van der Waals surface area contributed by atoms with Gasteiger partial charge in [-0.25, -0.2) is 4.98 Å². The van der Waals surface area contributed by atoms with Crippen molar-refractivity contribution in [2.45, 2.75) is 31.9 Å². The van der Waals surface area contributed by atoms with E-state index < -0.39 is 0 Å². The van der Waals surface area contributed by atoms with Crippen molar-refractivity contribution in [1.82, 2.24) is 10.3 Å². The van der Waals surface area contributed by atoms with Crippen molar-refractivity contribution in [3.8, 4) is 11.6 Å². The molecule has 1 aliphatic carbocycles. The summed E-state index contributed by atoms with van der Waals surface area (Å²) in [6, 6.07) is 8.86. The Balaban J connectivity index is 1.82. The summed E-state index contributed by atoms with van der Waals surface area (Å²) in [5, 5.41) is 12.8. The third-order valence-electron chi connectivity index (χ3n) is 4.91. The zero-order chi connectivity index (χ0) is 18.7. The van der Waals surface area contributed by atoms with E-state index in [1.165, 1.54) is 0 Å². The number of aliphatic hydroxyl groups is 1. The molecule has 0 aliphatic heterocycles. The van der Waals surface area contributed by atoms with Crippen LogP contribution in [0.15, 0.2) is 36.5 Å². The minimum atomic E-state index is -0.298. The minimum absolute atomic E-state index is 0.146. The molecule has 1 aromatic carbocycles. The molecule has 1 atom stereocenters. The van der Waals surface area contributed by atoms with Gasteiger partial charge in [-0.3, -0.25) is 4.79 Å². The maximum atomic E-state index is 12.8. The predicted octanol–water partition coefficient (Wildman–Crippen LogP) is 2.65. The van der Waals surface area contributed by atoms with E-state index in [0.29, 0.717) is 24.3 Å². The van der Waals surface area contributed by atoms with Crippen LogP contribution >= 0.6 is 0 Å². The molecule has 1 fully saturated rings. The van der Waals surface area contributed by atoms with Gasteiger partial charge in [0.05, 0.1) is 26.4 Å². The van der Waals surface area contributed by atoms with Crippen molar-refractivity contribution < 1.29 is 19.4 Å². The average molecular weight is 356 g/mol. The quantitative estimate of drug-likeness (QED) is 0.832. The number of ether oxygens (including phenoxy) is 2. The first-order valence-corrected chi connectivity index (χ1v) is 8.65. The van der Waals surface area contributed by atoms with Crippen molar-refractivity contribution in [3.63, 3.8) is 0 Å². The number of methoxy groups -OCH3 is 2. The third-order valence-corrected chi connectivity index (χ3v) is 4.91. The monoisotopic (exact) mass is 356 g/mol. The first-order chi connectivity index (χ1) is 12.5. The number of aryl methyl sites for hydroxylation is 1. The zero-order valence-corrected chi connectivity index (χ0v) is 15.2. The van der Waals surface area contributed by atoms with E-state index in [1.807, 2.05) is 19.1 Å². The van der Waals surface area contributed by atoms with Crippen LogP contribution in [-0.4, -0.2) is 36.3 Å². The highest BCUT2D eigenvalue weighted by Gasteiger charge is 2.36. The van der Waals surface area contributed by atoms with Gasteiger partial charge in [-0.1, -0.05) is 6.07 Å². The van der Waals surface area contributed by atoms with Gasteiger partial charge in [-0.2, -0.15) is 0 Å². The van der Waals surface area contributed by atoms with Gasteiger partial charge in [0, 0.05) is 17.8 Å². The van der Waals surface area contributed by atoms with E-state index in [9.17, 15) is 9.90 Å². The highest BCUT2D eigenvalue weighted by molar-refractivity contribution is 5.96. The van der Waals surface area contributed by atoms with Crippen molar-refractivity contribution >= 4 is 5.91 Å². The Morgan fingerprint density at radius 2 is 2.00 bits per heavy atom. The second-order valence-electron chi connectivity index (χ2n) is 6.65. The molecule has 2 N–H and O–H groups in total. The summed E-state index contributed by atoms with van der Waals surface area (Å²) in [5.74, 6) is 1.28. The number of amides is 1. The molecule has 1 aromatic heterocycles. The normalized spacial score (nSPS) is 20.0. The lowest BCUT2D eigenvalue weighted by molar-refractivity contribution is 0.0234. The maximum absolute atomic E-state index is 12.8. The van der Waals surface area contributed by atoms with E-state index in [0.717, 1.165) is 16.9 Å². The molecule has 6 heteroatoms. The zero-order valence-electron chi connectivity index (χ0n) is 15.2. The molecular weight excluding hydrogens is 332 g/mol. The lowest BCUT2D eigenvalue weighted by Gasteiger charge is -2.38. The first-order valence-electron chi connectivity index (χ1n) is 8.65. The van der Waals surface area contributed by atoms with Crippen LogP contribution in [0.1, 0.15) is 40.4 Å². The smallest absolute Gasteiger partial charge is 0.252 e. The van der Waals surface area contributed by atoms with Crippen LogP contribution in [0.4, 0.5) is 0 Å². The molecule has 1 aliphatic rings. The Hall–Kier alpha value is -2.60. The summed E-state index contributed by atoms with van der Waals surface area (Å²) in [6.45, 7) is 1.88. The standard InChI is InChI=1S/C20H24N2O4/c1-12-8-16(25-2)5-6-17(12)20(24)22-19(14-9-15(23)10-14)13-4-7-18(26-3)21-11-13/h4-8,11,14-15,19,23H,9-10H2,1-3H3,(H,22,24). The number of benzene rings is 1. The second-order valence-corrected chi connectivity index (χ2v) is 6.65. The first kappa shape index (κ1) is 18.2. The van der Waals surface area contributed by atoms with Crippen LogP contribution in [0.2, 0.25) is 0 Å². The van der Waals surface area contributed by atoms with Crippen LogP contribution in [-0.2, 0) is 0 Å². The topological polar surface area (TPSA) is 80.7 Å². The third kappa shape index (κ3) is 3.80. The van der Waals surface area contributed by atoms with Crippen molar-refractivity contribution in [3.05, 3.63) is 53.2 Å². The van der Waals surface area contributed by atoms with Gasteiger partial charge in [-0.05, 0) is 55.0 Å². The molecule has 1 saturated carbocycles. The predicted molar refractivity (Wildman–Crippen MR) is 97.5 cm³/mol. The van der Waals surface area contributed by atoms with Crippen molar-refractivity contribution in [2.24, 2.45) is 5.92 Å². The summed E-state index contributed by atoms with van der Waals surface area (Å²) >= 11 is 0. The molecule has 0 bridgehead atoms.